The summed E-state index contributed by atoms with van der Waals surface area (Å²) >= 11 is 1.94. The Labute approximate surface area is 114 Å². The maximum atomic E-state index is 3.48. The lowest BCUT2D eigenvalue weighted by Crippen LogP contribution is -2.28. The van der Waals surface area contributed by atoms with Crippen molar-refractivity contribution in [2.24, 2.45) is 0 Å². The molecule has 2 heteroatoms. The van der Waals surface area contributed by atoms with Crippen LogP contribution >= 0.6 is 11.8 Å². The Hall–Kier alpha value is -0.990. The Morgan fingerprint density at radius 2 is 1.72 bits per heavy atom. The third-order valence-corrected chi connectivity index (χ3v) is 3.97. The molecule has 0 aromatic heterocycles. The summed E-state index contributed by atoms with van der Waals surface area (Å²) in [4.78, 5) is 1.35. The summed E-state index contributed by atoms with van der Waals surface area (Å²) in [6.45, 7) is 7.70. The van der Waals surface area contributed by atoms with E-state index in [4.69, 9.17) is 0 Å². The average Bonchev–Trinajstić information content (AvgIpc) is 2.36. The highest BCUT2D eigenvalue weighted by Crippen LogP contribution is 2.26. The highest BCUT2D eigenvalue weighted by atomic mass is 32.2. The van der Waals surface area contributed by atoms with Crippen LogP contribution in [0.3, 0.4) is 0 Å². The minimum absolute atomic E-state index is 0.560. The van der Waals surface area contributed by atoms with Gasteiger partial charge in [-0.2, -0.15) is 0 Å². The molecule has 2 rings (SSSR count). The predicted molar refractivity (Wildman–Crippen MR) is 82.4 cm³/mol. The van der Waals surface area contributed by atoms with Gasteiger partial charge in [0, 0.05) is 22.7 Å². The fourth-order valence-corrected chi connectivity index (χ4v) is 2.90. The first-order valence-corrected chi connectivity index (χ1v) is 7.42. The van der Waals surface area contributed by atoms with E-state index >= 15 is 0 Å². The van der Waals surface area contributed by atoms with Crippen LogP contribution in [0, 0.1) is 0 Å². The number of hydrogen-bond acceptors (Lipinski definition) is 2. The molecule has 0 heterocycles. The van der Waals surface area contributed by atoms with Crippen molar-refractivity contribution >= 4 is 22.5 Å². The minimum atomic E-state index is 0.560. The lowest BCUT2D eigenvalue weighted by molar-refractivity contribution is 0.589. The van der Waals surface area contributed by atoms with Gasteiger partial charge in [-0.25, -0.2) is 0 Å². The standard InChI is InChI=1S/C16H21NS/c1-12(2)17-11-13(3)18-16-9-8-14-6-4-5-7-15(14)10-16/h4-10,12-13,17H,11H2,1-3H3. The molecule has 0 radical (unpaired) electrons. The molecule has 0 spiro atoms. The zero-order chi connectivity index (χ0) is 13.0. The van der Waals surface area contributed by atoms with Crippen molar-refractivity contribution in [2.75, 3.05) is 6.54 Å². The normalized spacial score (nSPS) is 13.1. The number of rotatable bonds is 5. The summed E-state index contributed by atoms with van der Waals surface area (Å²) in [6, 6.07) is 15.8. The van der Waals surface area contributed by atoms with Gasteiger partial charge >= 0.3 is 0 Å². The van der Waals surface area contributed by atoms with E-state index in [0.29, 0.717) is 11.3 Å². The third-order valence-electron chi connectivity index (χ3n) is 2.87. The maximum Gasteiger partial charge on any atom is 0.0191 e. The van der Waals surface area contributed by atoms with E-state index < -0.39 is 0 Å². The molecule has 0 bridgehead atoms. The van der Waals surface area contributed by atoms with Gasteiger partial charge in [0.15, 0.2) is 0 Å². The molecule has 1 atom stereocenters. The molecule has 1 nitrogen and oxygen atoms in total. The molecule has 1 unspecified atom stereocenters. The van der Waals surface area contributed by atoms with E-state index in [1.165, 1.54) is 15.7 Å². The van der Waals surface area contributed by atoms with Gasteiger partial charge in [0.1, 0.15) is 0 Å². The van der Waals surface area contributed by atoms with Crippen LogP contribution in [-0.4, -0.2) is 17.8 Å². The highest BCUT2D eigenvalue weighted by Gasteiger charge is 2.05. The lowest BCUT2D eigenvalue weighted by Gasteiger charge is -2.14. The molecule has 0 aliphatic carbocycles. The summed E-state index contributed by atoms with van der Waals surface area (Å²) in [5, 5.41) is 6.71. The van der Waals surface area contributed by atoms with Crippen LogP contribution in [0.2, 0.25) is 0 Å². The second kappa shape index (κ2) is 6.26. The van der Waals surface area contributed by atoms with Crippen LogP contribution in [-0.2, 0) is 0 Å². The van der Waals surface area contributed by atoms with Crippen LogP contribution in [0.4, 0.5) is 0 Å². The smallest absolute Gasteiger partial charge is 0.0191 e. The molecular formula is C16H21NS. The first-order valence-electron chi connectivity index (χ1n) is 6.54. The van der Waals surface area contributed by atoms with E-state index in [9.17, 15) is 0 Å². The van der Waals surface area contributed by atoms with E-state index in [2.05, 4.69) is 68.6 Å². The zero-order valence-electron chi connectivity index (χ0n) is 11.3. The topological polar surface area (TPSA) is 12.0 Å². The quantitative estimate of drug-likeness (QED) is 0.803. The molecule has 0 aliphatic rings. The van der Waals surface area contributed by atoms with Crippen molar-refractivity contribution in [3.8, 4) is 0 Å². The molecule has 18 heavy (non-hydrogen) atoms. The average molecular weight is 259 g/mol. The minimum Gasteiger partial charge on any atom is -0.313 e. The predicted octanol–water partition coefficient (Wildman–Crippen LogP) is 4.32. The molecule has 0 saturated heterocycles. The van der Waals surface area contributed by atoms with E-state index in [0.717, 1.165) is 6.54 Å². The SMILES string of the molecule is CC(C)NCC(C)Sc1ccc2ccccc2c1. The van der Waals surface area contributed by atoms with Crippen LogP contribution < -0.4 is 5.32 Å². The Bertz CT molecular complexity index is 507. The van der Waals surface area contributed by atoms with Crippen LogP contribution in [0.5, 0.6) is 0 Å². The van der Waals surface area contributed by atoms with Gasteiger partial charge in [0.2, 0.25) is 0 Å². The first kappa shape index (κ1) is 13.4. The van der Waals surface area contributed by atoms with Gasteiger partial charge in [0.25, 0.3) is 0 Å². The van der Waals surface area contributed by atoms with Gasteiger partial charge in [-0.15, -0.1) is 11.8 Å². The second-order valence-corrected chi connectivity index (χ2v) is 6.51. The Morgan fingerprint density at radius 3 is 2.44 bits per heavy atom. The third kappa shape index (κ3) is 3.76. The van der Waals surface area contributed by atoms with Crippen molar-refractivity contribution in [3.63, 3.8) is 0 Å². The monoisotopic (exact) mass is 259 g/mol. The molecule has 96 valence electrons. The molecular weight excluding hydrogens is 238 g/mol. The maximum absolute atomic E-state index is 3.48. The summed E-state index contributed by atoms with van der Waals surface area (Å²) in [7, 11) is 0. The number of hydrogen-bond donors (Lipinski definition) is 1. The lowest BCUT2D eigenvalue weighted by atomic mass is 10.1. The molecule has 0 saturated carbocycles. The largest absolute Gasteiger partial charge is 0.313 e. The van der Waals surface area contributed by atoms with E-state index in [-0.39, 0.29) is 0 Å². The van der Waals surface area contributed by atoms with Crippen molar-refractivity contribution < 1.29 is 0 Å². The molecule has 0 fully saturated rings. The van der Waals surface area contributed by atoms with Gasteiger partial charge in [-0.05, 0) is 22.9 Å². The fraction of sp³-hybridized carbons (Fsp3) is 0.375. The summed E-state index contributed by atoms with van der Waals surface area (Å²) in [5.41, 5.74) is 0. The Balaban J connectivity index is 2.03. The van der Waals surface area contributed by atoms with Crippen LogP contribution in [0.25, 0.3) is 10.8 Å². The summed E-state index contributed by atoms with van der Waals surface area (Å²) in [6.07, 6.45) is 0. The summed E-state index contributed by atoms with van der Waals surface area (Å²) < 4.78 is 0. The molecule has 0 amide bonds. The van der Waals surface area contributed by atoms with Crippen molar-refractivity contribution in [2.45, 2.75) is 37.0 Å². The van der Waals surface area contributed by atoms with Gasteiger partial charge < -0.3 is 5.32 Å². The van der Waals surface area contributed by atoms with Gasteiger partial charge in [-0.1, -0.05) is 51.1 Å². The molecule has 0 aliphatic heterocycles. The Morgan fingerprint density at radius 1 is 1.00 bits per heavy atom. The van der Waals surface area contributed by atoms with E-state index in [1.54, 1.807) is 0 Å². The number of nitrogens with one attached hydrogen (secondary N) is 1. The van der Waals surface area contributed by atoms with Crippen molar-refractivity contribution in [1.29, 1.82) is 0 Å². The Kier molecular flexibility index (Phi) is 4.67. The number of thioether (sulfide) groups is 1. The zero-order valence-corrected chi connectivity index (χ0v) is 12.1. The number of benzene rings is 2. The molecule has 1 N–H and O–H groups in total. The van der Waals surface area contributed by atoms with Gasteiger partial charge in [0.05, 0.1) is 0 Å². The fourth-order valence-electron chi connectivity index (χ4n) is 1.92. The molecule has 2 aromatic rings. The first-order chi connectivity index (χ1) is 8.65. The molecule has 2 aromatic carbocycles. The van der Waals surface area contributed by atoms with E-state index in [1.807, 2.05) is 11.8 Å². The highest BCUT2D eigenvalue weighted by molar-refractivity contribution is 8.00. The van der Waals surface area contributed by atoms with Gasteiger partial charge in [-0.3, -0.25) is 0 Å². The summed E-state index contributed by atoms with van der Waals surface area (Å²) in [5.74, 6) is 0. The van der Waals surface area contributed by atoms with Crippen molar-refractivity contribution in [1.82, 2.24) is 5.32 Å². The van der Waals surface area contributed by atoms with Crippen LogP contribution in [0.15, 0.2) is 47.4 Å². The number of fused-ring (bicyclic) bond motifs is 1. The second-order valence-electron chi connectivity index (χ2n) is 5.00. The van der Waals surface area contributed by atoms with Crippen molar-refractivity contribution in [3.05, 3.63) is 42.5 Å². The van der Waals surface area contributed by atoms with Crippen LogP contribution in [0.1, 0.15) is 20.8 Å².